The molecule has 0 aromatic carbocycles. The molecule has 0 aromatic rings. The molecule has 7 nitrogen and oxygen atoms in total. The van der Waals surface area contributed by atoms with Gasteiger partial charge in [0.1, 0.15) is 6.04 Å². The molecule has 1 aliphatic rings. The number of rotatable bonds is 5. The molecular formula is C10H17N3O4. The summed E-state index contributed by atoms with van der Waals surface area (Å²) in [6, 6.07) is -1.81. The van der Waals surface area contributed by atoms with Gasteiger partial charge < -0.3 is 15.4 Å². The normalized spacial score (nSPS) is 20.5. The summed E-state index contributed by atoms with van der Waals surface area (Å²) in [4.78, 5) is 33.5. The predicted molar refractivity (Wildman–Crippen MR) is 59.3 cm³/mol. The lowest BCUT2D eigenvalue weighted by atomic mass is 10.1. The number of unbranched alkanes of at least 4 members (excludes halogenated alkanes) is 1. The highest BCUT2D eigenvalue weighted by molar-refractivity contribution is 6.04. The van der Waals surface area contributed by atoms with Crippen LogP contribution in [0, 0.1) is 0 Å². The van der Waals surface area contributed by atoms with Crippen LogP contribution in [0.25, 0.3) is 0 Å². The van der Waals surface area contributed by atoms with Gasteiger partial charge in [-0.05, 0) is 13.3 Å². The van der Waals surface area contributed by atoms with Crippen molar-refractivity contribution in [2.24, 2.45) is 0 Å². The molecule has 96 valence electrons. The van der Waals surface area contributed by atoms with Crippen LogP contribution in [-0.2, 0) is 9.53 Å². The van der Waals surface area contributed by atoms with Crippen molar-refractivity contribution in [3.63, 3.8) is 0 Å². The first-order valence-electron chi connectivity index (χ1n) is 5.59. The van der Waals surface area contributed by atoms with Gasteiger partial charge in [0.2, 0.25) is 0 Å². The number of amides is 4. The number of carbonyl (C=O) groups is 3. The number of alkyl carbamates (subject to hydrolysis) is 1. The minimum absolute atomic E-state index is 0.346. The zero-order chi connectivity index (χ0) is 12.8. The van der Waals surface area contributed by atoms with E-state index in [9.17, 15) is 14.4 Å². The second-order valence-electron chi connectivity index (χ2n) is 3.86. The standard InChI is InChI=1S/C10H17N3O4/c1-3-4-5-17-10(16)11-6(2)7-8(14)13-9(15)12-7/h6-7H,3-5H2,1-2H3,(H,11,16)(H2,12,13,14,15)/t6-,7?/m1/s1. The smallest absolute Gasteiger partial charge is 0.407 e. The third kappa shape index (κ3) is 3.93. The van der Waals surface area contributed by atoms with Gasteiger partial charge in [-0.1, -0.05) is 13.3 Å². The molecule has 0 spiro atoms. The van der Waals surface area contributed by atoms with Crippen molar-refractivity contribution in [3.05, 3.63) is 0 Å². The van der Waals surface area contributed by atoms with Gasteiger partial charge in [0, 0.05) is 0 Å². The Balaban J connectivity index is 2.33. The van der Waals surface area contributed by atoms with Crippen molar-refractivity contribution >= 4 is 18.0 Å². The largest absolute Gasteiger partial charge is 0.450 e. The maximum atomic E-state index is 11.3. The molecule has 7 heteroatoms. The molecule has 3 N–H and O–H groups in total. The van der Waals surface area contributed by atoms with E-state index < -0.39 is 30.1 Å². The van der Waals surface area contributed by atoms with Gasteiger partial charge in [0.05, 0.1) is 12.6 Å². The molecule has 1 unspecified atom stereocenters. The van der Waals surface area contributed by atoms with Crippen LogP contribution in [0.3, 0.4) is 0 Å². The first-order valence-corrected chi connectivity index (χ1v) is 5.59. The predicted octanol–water partition coefficient (Wildman–Crippen LogP) is 0.109. The minimum Gasteiger partial charge on any atom is -0.450 e. The van der Waals surface area contributed by atoms with Crippen molar-refractivity contribution in [1.29, 1.82) is 0 Å². The van der Waals surface area contributed by atoms with E-state index in [1.165, 1.54) is 0 Å². The van der Waals surface area contributed by atoms with Gasteiger partial charge in [0.25, 0.3) is 5.91 Å². The number of ether oxygens (including phenoxy) is 1. The lowest BCUT2D eigenvalue weighted by Gasteiger charge is -2.17. The highest BCUT2D eigenvalue weighted by Crippen LogP contribution is 2.00. The van der Waals surface area contributed by atoms with E-state index in [0.717, 1.165) is 12.8 Å². The van der Waals surface area contributed by atoms with E-state index in [2.05, 4.69) is 16.0 Å². The molecule has 0 aromatic heterocycles. The van der Waals surface area contributed by atoms with E-state index in [0.29, 0.717) is 6.61 Å². The molecule has 1 rings (SSSR count). The van der Waals surface area contributed by atoms with Crippen LogP contribution in [0.15, 0.2) is 0 Å². The van der Waals surface area contributed by atoms with Crippen LogP contribution in [0.2, 0.25) is 0 Å². The quantitative estimate of drug-likeness (QED) is 0.471. The summed E-state index contributed by atoms with van der Waals surface area (Å²) < 4.78 is 4.88. The molecule has 1 aliphatic heterocycles. The maximum absolute atomic E-state index is 11.3. The SMILES string of the molecule is CCCCOC(=O)N[C@H](C)C1NC(=O)NC1=O. The molecule has 0 aliphatic carbocycles. The summed E-state index contributed by atoms with van der Waals surface area (Å²) in [6.45, 7) is 3.96. The topological polar surface area (TPSA) is 96.5 Å². The van der Waals surface area contributed by atoms with Gasteiger partial charge in [0.15, 0.2) is 0 Å². The fourth-order valence-electron chi connectivity index (χ4n) is 1.40. The molecule has 2 atom stereocenters. The monoisotopic (exact) mass is 243 g/mol. The minimum atomic E-state index is -0.749. The lowest BCUT2D eigenvalue weighted by Crippen LogP contribution is -2.49. The van der Waals surface area contributed by atoms with Gasteiger partial charge in [-0.2, -0.15) is 0 Å². The Kier molecular flexibility index (Phi) is 4.74. The van der Waals surface area contributed by atoms with Crippen molar-refractivity contribution < 1.29 is 19.1 Å². The Morgan fingerprint density at radius 2 is 2.24 bits per heavy atom. The van der Waals surface area contributed by atoms with Crippen molar-refractivity contribution in [3.8, 4) is 0 Å². The molecule has 1 saturated heterocycles. The van der Waals surface area contributed by atoms with E-state index in [1.807, 2.05) is 6.92 Å². The van der Waals surface area contributed by atoms with Crippen LogP contribution in [0.1, 0.15) is 26.7 Å². The van der Waals surface area contributed by atoms with Crippen molar-refractivity contribution in [2.45, 2.75) is 38.8 Å². The van der Waals surface area contributed by atoms with Gasteiger partial charge in [-0.3, -0.25) is 10.1 Å². The van der Waals surface area contributed by atoms with E-state index in [-0.39, 0.29) is 0 Å². The molecule has 17 heavy (non-hydrogen) atoms. The second-order valence-corrected chi connectivity index (χ2v) is 3.86. The number of hydrogen-bond acceptors (Lipinski definition) is 4. The Bertz CT molecular complexity index is 319. The number of imide groups is 1. The number of carbonyl (C=O) groups excluding carboxylic acids is 3. The van der Waals surface area contributed by atoms with Crippen LogP contribution >= 0.6 is 0 Å². The zero-order valence-corrected chi connectivity index (χ0v) is 9.91. The summed E-state index contributed by atoms with van der Waals surface area (Å²) in [5.74, 6) is -0.448. The Morgan fingerprint density at radius 1 is 1.53 bits per heavy atom. The number of urea groups is 1. The fraction of sp³-hybridized carbons (Fsp3) is 0.700. The van der Waals surface area contributed by atoms with Gasteiger partial charge in [-0.15, -0.1) is 0 Å². The highest BCUT2D eigenvalue weighted by Gasteiger charge is 2.34. The van der Waals surface area contributed by atoms with Crippen LogP contribution < -0.4 is 16.0 Å². The summed E-state index contributed by atoms with van der Waals surface area (Å²) in [5, 5.41) is 6.99. The molecule has 4 amide bonds. The van der Waals surface area contributed by atoms with Crippen molar-refractivity contribution in [1.82, 2.24) is 16.0 Å². The molecule has 0 radical (unpaired) electrons. The first-order chi connectivity index (χ1) is 8.04. The number of hydrogen-bond donors (Lipinski definition) is 3. The second kappa shape index (κ2) is 6.07. The lowest BCUT2D eigenvalue weighted by molar-refractivity contribution is -0.120. The summed E-state index contributed by atoms with van der Waals surface area (Å²) >= 11 is 0. The van der Waals surface area contributed by atoms with E-state index in [4.69, 9.17) is 4.74 Å². The molecule has 0 saturated carbocycles. The number of nitrogens with one attached hydrogen (secondary N) is 3. The summed E-state index contributed by atoms with van der Waals surface area (Å²) in [5.41, 5.74) is 0. The average Bonchev–Trinajstić information content (AvgIpc) is 2.58. The van der Waals surface area contributed by atoms with Crippen LogP contribution in [-0.4, -0.2) is 36.7 Å². The van der Waals surface area contributed by atoms with Crippen molar-refractivity contribution in [2.75, 3.05) is 6.61 Å². The maximum Gasteiger partial charge on any atom is 0.407 e. The Morgan fingerprint density at radius 3 is 2.76 bits per heavy atom. The van der Waals surface area contributed by atoms with Crippen LogP contribution in [0.5, 0.6) is 0 Å². The van der Waals surface area contributed by atoms with E-state index in [1.54, 1.807) is 6.92 Å². The molecule has 0 bridgehead atoms. The third-order valence-electron chi connectivity index (χ3n) is 2.38. The van der Waals surface area contributed by atoms with E-state index >= 15 is 0 Å². The zero-order valence-electron chi connectivity index (χ0n) is 9.91. The van der Waals surface area contributed by atoms with Crippen LogP contribution in [0.4, 0.5) is 9.59 Å². The van der Waals surface area contributed by atoms with Gasteiger partial charge >= 0.3 is 12.1 Å². The average molecular weight is 243 g/mol. The molecule has 1 heterocycles. The summed E-state index contributed by atoms with van der Waals surface area (Å²) in [6.07, 6.45) is 1.15. The molecule has 1 fully saturated rings. The Hall–Kier alpha value is -1.79. The van der Waals surface area contributed by atoms with Gasteiger partial charge in [-0.25, -0.2) is 9.59 Å². The highest BCUT2D eigenvalue weighted by atomic mass is 16.5. The first kappa shape index (κ1) is 13.3. The molecular weight excluding hydrogens is 226 g/mol. The summed E-state index contributed by atoms with van der Waals surface area (Å²) in [7, 11) is 0. The Labute approximate surface area is 99.3 Å². The third-order valence-corrected chi connectivity index (χ3v) is 2.38. The fourth-order valence-corrected chi connectivity index (χ4v) is 1.40.